The summed E-state index contributed by atoms with van der Waals surface area (Å²) >= 11 is 0. The first-order chi connectivity index (χ1) is 8.76. The van der Waals surface area contributed by atoms with Crippen molar-refractivity contribution in [3.05, 3.63) is 30.6 Å². The number of nitrogen functional groups attached to an aromatic ring is 1. The Labute approximate surface area is 106 Å². The molecule has 2 N–H and O–H groups in total. The third kappa shape index (κ3) is 2.18. The molecule has 1 aliphatic rings. The zero-order valence-electron chi connectivity index (χ0n) is 10.5. The second kappa shape index (κ2) is 4.37. The largest absolute Gasteiger partial charge is 0.497 e. The molecule has 0 atom stereocenters. The van der Waals surface area contributed by atoms with Crippen LogP contribution in [0, 0.1) is 5.92 Å². The maximum Gasteiger partial charge on any atom is 0.119 e. The molecule has 0 saturated heterocycles. The van der Waals surface area contributed by atoms with Crippen LogP contribution in [0.15, 0.2) is 30.6 Å². The first-order valence-electron chi connectivity index (χ1n) is 6.22. The van der Waals surface area contributed by atoms with Crippen molar-refractivity contribution < 1.29 is 4.74 Å². The van der Waals surface area contributed by atoms with Crippen LogP contribution in [0.1, 0.15) is 12.8 Å². The highest BCUT2D eigenvalue weighted by atomic mass is 16.5. The van der Waals surface area contributed by atoms with E-state index < -0.39 is 0 Å². The monoisotopic (exact) mass is 243 g/mol. The van der Waals surface area contributed by atoms with E-state index in [2.05, 4.69) is 11.3 Å². The summed E-state index contributed by atoms with van der Waals surface area (Å²) < 4.78 is 7.24. The van der Waals surface area contributed by atoms with Crippen molar-refractivity contribution in [3.63, 3.8) is 0 Å². The van der Waals surface area contributed by atoms with Crippen LogP contribution >= 0.6 is 0 Å². The predicted molar refractivity (Wildman–Crippen MR) is 71.4 cm³/mol. The van der Waals surface area contributed by atoms with Gasteiger partial charge in [-0.3, -0.25) is 4.68 Å². The Morgan fingerprint density at radius 1 is 1.44 bits per heavy atom. The number of anilines is 1. The summed E-state index contributed by atoms with van der Waals surface area (Å²) in [4.78, 5) is 0. The Morgan fingerprint density at radius 3 is 3.00 bits per heavy atom. The van der Waals surface area contributed by atoms with E-state index in [0.717, 1.165) is 35.0 Å². The summed E-state index contributed by atoms with van der Waals surface area (Å²) in [6, 6.07) is 5.69. The highest BCUT2D eigenvalue weighted by molar-refractivity contribution is 5.76. The Balaban J connectivity index is 1.90. The molecule has 0 spiro atoms. The molecule has 1 heterocycles. The molecule has 18 heavy (non-hydrogen) atoms. The topological polar surface area (TPSA) is 53.1 Å². The molecule has 0 amide bonds. The number of ether oxygens (including phenoxy) is 1. The van der Waals surface area contributed by atoms with Gasteiger partial charge in [-0.15, -0.1) is 0 Å². The van der Waals surface area contributed by atoms with Crippen molar-refractivity contribution in [2.24, 2.45) is 5.92 Å². The van der Waals surface area contributed by atoms with Crippen molar-refractivity contribution >= 4 is 5.69 Å². The molecule has 4 nitrogen and oxygen atoms in total. The van der Waals surface area contributed by atoms with Gasteiger partial charge in [0.05, 0.1) is 13.3 Å². The molecular weight excluding hydrogens is 226 g/mol. The van der Waals surface area contributed by atoms with Crippen LogP contribution in [0.25, 0.3) is 11.1 Å². The fourth-order valence-electron chi connectivity index (χ4n) is 2.08. The first-order valence-corrected chi connectivity index (χ1v) is 6.22. The molecule has 0 bridgehead atoms. The van der Waals surface area contributed by atoms with Crippen LogP contribution in [-0.2, 0) is 6.54 Å². The summed E-state index contributed by atoms with van der Waals surface area (Å²) in [7, 11) is 1.66. The number of rotatable bonds is 4. The van der Waals surface area contributed by atoms with Gasteiger partial charge in [-0.05, 0) is 37.0 Å². The van der Waals surface area contributed by atoms with E-state index in [0.29, 0.717) is 0 Å². The fourth-order valence-corrected chi connectivity index (χ4v) is 2.08. The number of nitrogens with zero attached hydrogens (tertiary/aromatic N) is 2. The van der Waals surface area contributed by atoms with E-state index in [1.54, 1.807) is 7.11 Å². The van der Waals surface area contributed by atoms with Crippen LogP contribution in [0.2, 0.25) is 0 Å². The van der Waals surface area contributed by atoms with E-state index in [4.69, 9.17) is 10.5 Å². The van der Waals surface area contributed by atoms with Gasteiger partial charge in [0.1, 0.15) is 5.75 Å². The minimum absolute atomic E-state index is 0.752. The normalized spacial score (nSPS) is 14.7. The zero-order chi connectivity index (χ0) is 12.5. The van der Waals surface area contributed by atoms with Crippen molar-refractivity contribution in [2.75, 3.05) is 12.8 Å². The van der Waals surface area contributed by atoms with Crippen molar-refractivity contribution in [3.8, 4) is 16.9 Å². The molecule has 1 aromatic heterocycles. The lowest BCUT2D eigenvalue weighted by Gasteiger charge is -2.06. The number of benzene rings is 1. The molecule has 0 radical (unpaired) electrons. The predicted octanol–water partition coefficient (Wildman–Crippen LogP) is 2.55. The SMILES string of the molecule is COc1ccc(N)c(-c2cnn(CC3CC3)c2)c1. The second-order valence-corrected chi connectivity index (χ2v) is 4.85. The quantitative estimate of drug-likeness (QED) is 0.840. The lowest BCUT2D eigenvalue weighted by molar-refractivity contribution is 0.415. The fraction of sp³-hybridized carbons (Fsp3) is 0.357. The third-order valence-corrected chi connectivity index (χ3v) is 3.35. The molecule has 3 rings (SSSR count). The Morgan fingerprint density at radius 2 is 2.28 bits per heavy atom. The number of hydrogen-bond acceptors (Lipinski definition) is 3. The van der Waals surface area contributed by atoms with Gasteiger partial charge >= 0.3 is 0 Å². The molecular formula is C14H17N3O. The van der Waals surface area contributed by atoms with E-state index in [-0.39, 0.29) is 0 Å². The smallest absolute Gasteiger partial charge is 0.119 e. The van der Waals surface area contributed by atoms with Crippen molar-refractivity contribution in [1.82, 2.24) is 9.78 Å². The molecule has 1 aromatic carbocycles. The average molecular weight is 243 g/mol. The Bertz CT molecular complexity index is 558. The van der Waals surface area contributed by atoms with Gasteiger partial charge in [0, 0.05) is 29.6 Å². The number of methoxy groups -OCH3 is 1. The second-order valence-electron chi connectivity index (χ2n) is 4.85. The average Bonchev–Trinajstić information content (AvgIpc) is 3.07. The van der Waals surface area contributed by atoms with Gasteiger partial charge in [-0.2, -0.15) is 5.10 Å². The molecule has 1 saturated carbocycles. The molecule has 0 unspecified atom stereocenters. The maximum atomic E-state index is 6.01. The van der Waals surface area contributed by atoms with Gasteiger partial charge in [0.15, 0.2) is 0 Å². The van der Waals surface area contributed by atoms with E-state index >= 15 is 0 Å². The van der Waals surface area contributed by atoms with E-state index in [1.165, 1.54) is 12.8 Å². The summed E-state index contributed by atoms with van der Waals surface area (Å²) in [6.45, 7) is 1.02. The molecule has 4 heteroatoms. The summed E-state index contributed by atoms with van der Waals surface area (Å²) in [5.41, 5.74) is 8.79. The lowest BCUT2D eigenvalue weighted by atomic mass is 10.1. The molecule has 94 valence electrons. The van der Waals surface area contributed by atoms with Crippen LogP contribution in [0.3, 0.4) is 0 Å². The highest BCUT2D eigenvalue weighted by Crippen LogP contribution is 2.32. The van der Waals surface area contributed by atoms with Gasteiger partial charge in [-0.1, -0.05) is 0 Å². The minimum atomic E-state index is 0.752. The van der Waals surface area contributed by atoms with Crippen LogP contribution in [-0.4, -0.2) is 16.9 Å². The summed E-state index contributed by atoms with van der Waals surface area (Å²) in [6.07, 6.45) is 6.59. The maximum absolute atomic E-state index is 6.01. The summed E-state index contributed by atoms with van der Waals surface area (Å²) in [5, 5.41) is 4.39. The number of hydrogen-bond donors (Lipinski definition) is 1. The number of aromatic nitrogens is 2. The van der Waals surface area contributed by atoms with E-state index in [1.807, 2.05) is 29.1 Å². The first kappa shape index (κ1) is 11.1. The Kier molecular flexibility index (Phi) is 2.70. The van der Waals surface area contributed by atoms with E-state index in [9.17, 15) is 0 Å². The minimum Gasteiger partial charge on any atom is -0.497 e. The third-order valence-electron chi connectivity index (χ3n) is 3.35. The van der Waals surface area contributed by atoms with Crippen LogP contribution in [0.5, 0.6) is 5.75 Å². The molecule has 2 aromatic rings. The van der Waals surface area contributed by atoms with Crippen molar-refractivity contribution in [1.29, 1.82) is 0 Å². The van der Waals surface area contributed by atoms with Crippen molar-refractivity contribution in [2.45, 2.75) is 19.4 Å². The van der Waals surface area contributed by atoms with Gasteiger partial charge in [-0.25, -0.2) is 0 Å². The Hall–Kier alpha value is -1.97. The van der Waals surface area contributed by atoms with Crippen LogP contribution < -0.4 is 10.5 Å². The standard InChI is InChI=1S/C14H17N3O/c1-18-12-4-5-14(15)13(6-12)11-7-16-17(9-11)8-10-2-3-10/h4-7,9-10H,2-3,8,15H2,1H3. The lowest BCUT2D eigenvalue weighted by Crippen LogP contribution is -1.99. The summed E-state index contributed by atoms with van der Waals surface area (Å²) in [5.74, 6) is 1.63. The van der Waals surface area contributed by atoms with Gasteiger partial charge in [0.25, 0.3) is 0 Å². The van der Waals surface area contributed by atoms with Gasteiger partial charge in [0.2, 0.25) is 0 Å². The van der Waals surface area contributed by atoms with Gasteiger partial charge < -0.3 is 10.5 Å². The zero-order valence-corrected chi connectivity index (χ0v) is 10.5. The highest BCUT2D eigenvalue weighted by Gasteiger charge is 2.22. The van der Waals surface area contributed by atoms with Crippen LogP contribution in [0.4, 0.5) is 5.69 Å². The molecule has 1 fully saturated rings. The molecule has 1 aliphatic carbocycles. The number of nitrogens with two attached hydrogens (primary N) is 1. The molecule has 0 aliphatic heterocycles.